The molecule has 2 unspecified atom stereocenters. The number of ether oxygens (including phenoxy) is 1. The number of allylic oxidation sites excluding steroid dienone is 5. The number of esters is 1. The fraction of sp³-hybridized carbons (Fsp3) is 0.905. The molecule has 0 aromatic rings. The smallest absolute Gasteiger partial charge is 0.305 e. The molecule has 0 radical (unpaired) electrons. The number of hydrogen-bond donors (Lipinski definition) is 3. The number of nitrogens with one attached hydrogen (secondary N) is 1. The zero-order valence-electron chi connectivity index (χ0n) is 61.1. The normalized spacial score (nSPS) is 12.6. The van der Waals surface area contributed by atoms with Crippen molar-refractivity contribution in [1.29, 1.82) is 0 Å². The van der Waals surface area contributed by atoms with Gasteiger partial charge in [0.15, 0.2) is 0 Å². The Morgan fingerprint density at radius 2 is 0.522 bits per heavy atom. The zero-order chi connectivity index (χ0) is 64.9. The van der Waals surface area contributed by atoms with Crippen LogP contribution in [-0.2, 0) is 14.3 Å². The molecule has 0 saturated heterocycles. The summed E-state index contributed by atoms with van der Waals surface area (Å²) >= 11 is 0. The molecule has 0 aliphatic carbocycles. The molecule has 1 amide bonds. The van der Waals surface area contributed by atoms with E-state index in [-0.39, 0.29) is 18.5 Å². The summed E-state index contributed by atoms with van der Waals surface area (Å²) in [6, 6.07) is -0.626. The second kappa shape index (κ2) is 79.5. The van der Waals surface area contributed by atoms with Gasteiger partial charge in [0.2, 0.25) is 5.91 Å². The lowest BCUT2D eigenvalue weighted by Gasteiger charge is -2.20. The van der Waals surface area contributed by atoms with E-state index in [9.17, 15) is 19.8 Å². The van der Waals surface area contributed by atoms with Crippen molar-refractivity contribution in [3.8, 4) is 0 Å². The Balaban J connectivity index is 3.36. The van der Waals surface area contributed by atoms with Gasteiger partial charge in [0.05, 0.1) is 25.4 Å². The second-order valence-electron chi connectivity index (χ2n) is 28.4. The molecule has 6 nitrogen and oxygen atoms in total. The molecule has 2 atom stereocenters. The first kappa shape index (κ1) is 88.1. The van der Waals surface area contributed by atoms with Crippen LogP contribution in [0.15, 0.2) is 36.5 Å². The summed E-state index contributed by atoms with van der Waals surface area (Å²) in [6.45, 7) is 4.95. The van der Waals surface area contributed by atoms with Crippen LogP contribution in [0.3, 0.4) is 0 Å². The highest BCUT2D eigenvalue weighted by molar-refractivity contribution is 5.76. The Kier molecular flexibility index (Phi) is 77.8. The summed E-state index contributed by atoms with van der Waals surface area (Å²) in [6.07, 6.45) is 104. The summed E-state index contributed by atoms with van der Waals surface area (Å²) in [5, 5.41) is 23.3. The van der Waals surface area contributed by atoms with Gasteiger partial charge in [-0.05, 0) is 83.5 Å². The average Bonchev–Trinajstić information content (AvgIpc) is 3.67. The second-order valence-corrected chi connectivity index (χ2v) is 28.4. The van der Waals surface area contributed by atoms with Crippen LogP contribution in [0.1, 0.15) is 463 Å². The highest BCUT2D eigenvalue weighted by Gasteiger charge is 2.18. The van der Waals surface area contributed by atoms with Gasteiger partial charge in [0.25, 0.3) is 0 Å². The number of hydrogen-bond acceptors (Lipinski definition) is 5. The number of carbonyl (C=O) groups excluding carboxylic acids is 2. The summed E-state index contributed by atoms with van der Waals surface area (Å²) in [7, 11) is 0. The number of aliphatic hydroxyl groups is 2. The molecule has 0 spiro atoms. The molecule has 6 heteroatoms. The molecule has 0 heterocycles. The lowest BCUT2D eigenvalue weighted by atomic mass is 10.0. The van der Waals surface area contributed by atoms with Crippen LogP contribution >= 0.6 is 0 Å². The topological polar surface area (TPSA) is 95.9 Å². The minimum absolute atomic E-state index is 0.0175. The Hall–Kier alpha value is -1.92. The number of rotatable bonds is 78. The van der Waals surface area contributed by atoms with Crippen molar-refractivity contribution in [2.75, 3.05) is 13.2 Å². The van der Waals surface area contributed by atoms with E-state index >= 15 is 0 Å². The summed E-state index contributed by atoms with van der Waals surface area (Å²) in [4.78, 5) is 24.7. The maximum atomic E-state index is 12.5. The summed E-state index contributed by atoms with van der Waals surface area (Å²) in [5.41, 5.74) is 0. The minimum Gasteiger partial charge on any atom is -0.466 e. The summed E-state index contributed by atoms with van der Waals surface area (Å²) in [5.74, 6) is -0.0422. The fourth-order valence-corrected chi connectivity index (χ4v) is 13.1. The molecule has 0 aliphatic heterocycles. The van der Waals surface area contributed by atoms with Crippen molar-refractivity contribution in [2.45, 2.75) is 475 Å². The number of unbranched alkanes of at least 4 members (excludes halogenated alkanes) is 63. The van der Waals surface area contributed by atoms with E-state index in [1.807, 2.05) is 6.08 Å². The molecule has 0 saturated carbocycles. The number of amides is 1. The quantitative estimate of drug-likeness (QED) is 0.0320. The van der Waals surface area contributed by atoms with Gasteiger partial charge in [-0.3, -0.25) is 9.59 Å². The molecule has 3 N–H and O–H groups in total. The van der Waals surface area contributed by atoms with Crippen LogP contribution < -0.4 is 5.32 Å². The Bertz CT molecular complexity index is 1460. The molecule has 532 valence electrons. The van der Waals surface area contributed by atoms with Crippen molar-refractivity contribution >= 4 is 11.9 Å². The van der Waals surface area contributed by atoms with E-state index < -0.39 is 12.1 Å². The average molecular weight is 1270 g/mol. The fourth-order valence-electron chi connectivity index (χ4n) is 13.1. The molecule has 90 heavy (non-hydrogen) atoms. The van der Waals surface area contributed by atoms with Crippen LogP contribution in [0.2, 0.25) is 0 Å². The van der Waals surface area contributed by atoms with Gasteiger partial charge in [0.1, 0.15) is 0 Å². The van der Waals surface area contributed by atoms with E-state index in [0.717, 1.165) is 44.9 Å². The Labute approximate surface area is 564 Å². The first-order valence-electron chi connectivity index (χ1n) is 41.3. The zero-order valence-corrected chi connectivity index (χ0v) is 61.1. The highest BCUT2D eigenvalue weighted by atomic mass is 16.5. The molecule has 0 rings (SSSR count). The van der Waals surface area contributed by atoms with Gasteiger partial charge in [0, 0.05) is 12.8 Å². The molecular formula is C84H161NO5. The van der Waals surface area contributed by atoms with Crippen molar-refractivity contribution < 1.29 is 24.5 Å². The van der Waals surface area contributed by atoms with Gasteiger partial charge in [-0.25, -0.2) is 0 Å². The lowest BCUT2D eigenvalue weighted by Crippen LogP contribution is -2.45. The van der Waals surface area contributed by atoms with Crippen molar-refractivity contribution in [3.63, 3.8) is 0 Å². The van der Waals surface area contributed by atoms with Crippen LogP contribution in [0, 0.1) is 0 Å². The molecule has 0 aliphatic rings. The van der Waals surface area contributed by atoms with Crippen molar-refractivity contribution in [3.05, 3.63) is 36.5 Å². The minimum atomic E-state index is -0.843. The molecule has 0 aromatic carbocycles. The van der Waals surface area contributed by atoms with Crippen LogP contribution in [-0.4, -0.2) is 47.4 Å². The maximum Gasteiger partial charge on any atom is 0.305 e. The predicted molar refractivity (Wildman–Crippen MR) is 398 cm³/mol. The Morgan fingerprint density at radius 3 is 0.789 bits per heavy atom. The van der Waals surface area contributed by atoms with E-state index in [2.05, 4.69) is 43.5 Å². The van der Waals surface area contributed by atoms with Crippen LogP contribution in [0.25, 0.3) is 0 Å². The third kappa shape index (κ3) is 75.1. The molecular weight excluding hydrogens is 1100 g/mol. The SMILES string of the molecule is CCCCCCCC/C=C\CCCCCCCCCC(=O)OCCCCCCCCCCCCCCCC/C=C\CCCCCCCCCCCCCCCCCCCC(=O)NC(CO)C(O)/C=C/CCCCCCCCCCCCCCCCCCCCC. The van der Waals surface area contributed by atoms with Crippen LogP contribution in [0.4, 0.5) is 0 Å². The van der Waals surface area contributed by atoms with Gasteiger partial charge in [-0.1, -0.05) is 403 Å². The van der Waals surface area contributed by atoms with Crippen LogP contribution in [0.5, 0.6) is 0 Å². The molecule has 0 fully saturated rings. The maximum absolute atomic E-state index is 12.5. The van der Waals surface area contributed by atoms with E-state index in [0.29, 0.717) is 19.4 Å². The lowest BCUT2D eigenvalue weighted by molar-refractivity contribution is -0.143. The molecule has 0 bridgehead atoms. The van der Waals surface area contributed by atoms with Crippen molar-refractivity contribution in [1.82, 2.24) is 5.32 Å². The van der Waals surface area contributed by atoms with E-state index in [4.69, 9.17) is 4.74 Å². The number of carbonyl (C=O) groups is 2. The van der Waals surface area contributed by atoms with Gasteiger partial charge < -0.3 is 20.3 Å². The summed E-state index contributed by atoms with van der Waals surface area (Å²) < 4.78 is 5.51. The van der Waals surface area contributed by atoms with E-state index in [1.165, 1.54) is 392 Å². The first-order chi connectivity index (χ1) is 44.5. The van der Waals surface area contributed by atoms with Gasteiger partial charge in [-0.15, -0.1) is 0 Å². The predicted octanol–water partition coefficient (Wildman–Crippen LogP) is 27.4. The standard InChI is InChI=1S/C84H161NO5/c1-3-5-7-9-11-13-15-17-19-21-22-38-41-45-48-52-56-60-64-68-72-76-82(87)81(80-86)85-83(88)77-73-69-65-61-57-53-49-46-42-39-36-34-32-30-28-26-24-23-25-27-29-31-33-35-37-40-43-47-51-55-59-63-67-71-75-79-90-84(89)78-74-70-66-62-58-54-50-44-20-18-16-14-12-10-8-6-4-2/h18,20,25,27,72,76,81-82,86-87H,3-17,19,21-24,26,28-71,73-75,77-80H2,1-2H3,(H,85,88)/b20-18-,27-25-,76-72+. The Morgan fingerprint density at radius 1 is 0.300 bits per heavy atom. The van der Waals surface area contributed by atoms with E-state index in [1.54, 1.807) is 6.08 Å². The largest absolute Gasteiger partial charge is 0.466 e. The third-order valence-electron chi connectivity index (χ3n) is 19.4. The van der Waals surface area contributed by atoms with Crippen molar-refractivity contribution in [2.24, 2.45) is 0 Å². The third-order valence-corrected chi connectivity index (χ3v) is 19.4. The first-order valence-corrected chi connectivity index (χ1v) is 41.3. The monoisotopic (exact) mass is 1260 g/mol. The van der Waals surface area contributed by atoms with Gasteiger partial charge >= 0.3 is 5.97 Å². The molecule has 0 aromatic heterocycles. The van der Waals surface area contributed by atoms with Gasteiger partial charge in [-0.2, -0.15) is 0 Å². The number of aliphatic hydroxyl groups excluding tert-OH is 2. The highest BCUT2D eigenvalue weighted by Crippen LogP contribution is 2.20.